The monoisotopic (exact) mass is 430 g/mol. The Morgan fingerprint density at radius 1 is 0.600 bits per heavy atom. The van der Waals surface area contributed by atoms with E-state index in [4.69, 9.17) is 4.98 Å². The maximum atomic E-state index is 4.93. The number of unbranched alkanes of at least 4 members (excludes halogenated alkanes) is 2. The summed E-state index contributed by atoms with van der Waals surface area (Å²) in [6, 6.07) is 31.6. The van der Waals surface area contributed by atoms with Gasteiger partial charge in [0.2, 0.25) is 0 Å². The highest BCUT2D eigenvalue weighted by atomic mass is 32.2. The number of aromatic nitrogens is 2. The van der Waals surface area contributed by atoms with Gasteiger partial charge in [-0.3, -0.25) is 0 Å². The van der Waals surface area contributed by atoms with E-state index in [1.807, 2.05) is 35.7 Å². The van der Waals surface area contributed by atoms with Crippen LogP contribution in [0.2, 0.25) is 0 Å². The van der Waals surface area contributed by atoms with Crippen molar-refractivity contribution in [1.29, 1.82) is 0 Å². The topological polar surface area (TPSA) is 28.7 Å². The molecule has 0 aliphatic heterocycles. The summed E-state index contributed by atoms with van der Waals surface area (Å²) in [5, 5.41) is 1.01. The van der Waals surface area contributed by atoms with E-state index in [2.05, 4.69) is 83.8 Å². The molecule has 0 fully saturated rings. The van der Waals surface area contributed by atoms with Gasteiger partial charge in [0.1, 0.15) is 0 Å². The number of nitrogens with one attached hydrogen (secondary N) is 1. The molecule has 4 aromatic rings. The Morgan fingerprint density at radius 2 is 1.17 bits per heavy atom. The number of imidazole rings is 1. The minimum atomic E-state index is 1.01. The molecule has 2 nitrogen and oxygen atoms in total. The standard InChI is InChI=1S/C26H26N2S2/c1-5-13-21(14-6-1)24-25(22-15-7-2-8-16-22)28-26(27-24)30-20-12-4-11-19-29-23-17-9-3-10-18-23/h1-3,5-10,13-18H,4,11-12,19-20H2,(H,27,28). The molecule has 0 saturated heterocycles. The predicted molar refractivity (Wildman–Crippen MR) is 131 cm³/mol. The number of H-pyrrole nitrogens is 1. The maximum Gasteiger partial charge on any atom is 0.166 e. The van der Waals surface area contributed by atoms with Gasteiger partial charge >= 0.3 is 0 Å². The van der Waals surface area contributed by atoms with Crippen LogP contribution in [0.4, 0.5) is 0 Å². The Kier molecular flexibility index (Phi) is 7.70. The first kappa shape index (κ1) is 20.8. The molecule has 0 atom stereocenters. The lowest BCUT2D eigenvalue weighted by Crippen LogP contribution is -1.85. The molecule has 0 aliphatic carbocycles. The first-order valence-electron chi connectivity index (χ1n) is 10.4. The lowest BCUT2D eigenvalue weighted by atomic mass is 10.1. The zero-order valence-corrected chi connectivity index (χ0v) is 18.6. The van der Waals surface area contributed by atoms with Gasteiger partial charge in [0, 0.05) is 21.8 Å². The zero-order chi connectivity index (χ0) is 20.4. The number of thioether (sulfide) groups is 2. The Labute approximate surface area is 187 Å². The Balaban J connectivity index is 1.31. The molecule has 4 rings (SSSR count). The molecule has 0 unspecified atom stereocenters. The minimum absolute atomic E-state index is 1.01. The molecular formula is C26H26N2S2. The van der Waals surface area contributed by atoms with E-state index in [0.717, 1.165) is 27.9 Å². The van der Waals surface area contributed by atoms with Crippen LogP contribution in [0.1, 0.15) is 19.3 Å². The summed E-state index contributed by atoms with van der Waals surface area (Å²) in [6.07, 6.45) is 3.72. The van der Waals surface area contributed by atoms with Crippen LogP contribution in [-0.4, -0.2) is 21.5 Å². The number of hydrogen-bond donors (Lipinski definition) is 1. The molecule has 0 spiro atoms. The number of hydrogen-bond acceptors (Lipinski definition) is 3. The van der Waals surface area contributed by atoms with Crippen LogP contribution in [0.5, 0.6) is 0 Å². The van der Waals surface area contributed by atoms with Crippen molar-refractivity contribution in [2.45, 2.75) is 29.3 Å². The van der Waals surface area contributed by atoms with Gasteiger partial charge in [-0.15, -0.1) is 11.8 Å². The molecule has 30 heavy (non-hydrogen) atoms. The van der Waals surface area contributed by atoms with Crippen molar-refractivity contribution in [3.63, 3.8) is 0 Å². The van der Waals surface area contributed by atoms with E-state index in [1.165, 1.54) is 35.5 Å². The molecule has 0 amide bonds. The number of benzene rings is 3. The van der Waals surface area contributed by atoms with Gasteiger partial charge in [0.15, 0.2) is 5.16 Å². The molecule has 4 heteroatoms. The van der Waals surface area contributed by atoms with Gasteiger partial charge in [-0.25, -0.2) is 4.98 Å². The molecule has 1 N–H and O–H groups in total. The van der Waals surface area contributed by atoms with Gasteiger partial charge in [0.25, 0.3) is 0 Å². The third kappa shape index (κ3) is 5.80. The second kappa shape index (κ2) is 11.1. The van der Waals surface area contributed by atoms with Crippen molar-refractivity contribution in [3.05, 3.63) is 91.0 Å². The van der Waals surface area contributed by atoms with Crippen molar-refractivity contribution in [1.82, 2.24) is 9.97 Å². The summed E-state index contributed by atoms with van der Waals surface area (Å²) in [5.41, 5.74) is 4.46. The van der Waals surface area contributed by atoms with Crippen LogP contribution < -0.4 is 0 Å². The third-order valence-corrected chi connectivity index (χ3v) is 6.89. The van der Waals surface area contributed by atoms with Gasteiger partial charge in [-0.1, -0.05) is 97.0 Å². The summed E-state index contributed by atoms with van der Waals surface area (Å²) < 4.78 is 0. The van der Waals surface area contributed by atoms with Gasteiger partial charge in [-0.05, 0) is 30.7 Å². The van der Waals surface area contributed by atoms with Gasteiger partial charge in [0.05, 0.1) is 11.4 Å². The highest BCUT2D eigenvalue weighted by Gasteiger charge is 2.14. The summed E-state index contributed by atoms with van der Waals surface area (Å²) in [4.78, 5) is 9.87. The Hall–Kier alpha value is -2.43. The molecule has 0 radical (unpaired) electrons. The number of aromatic amines is 1. The lowest BCUT2D eigenvalue weighted by Gasteiger charge is -2.02. The average Bonchev–Trinajstić information content (AvgIpc) is 3.24. The SMILES string of the molecule is c1ccc(SCCCCCSc2nc(-c3ccccc3)c(-c3ccccc3)[nH]2)cc1. The lowest BCUT2D eigenvalue weighted by molar-refractivity contribution is 0.784. The van der Waals surface area contributed by atoms with Crippen LogP contribution >= 0.6 is 23.5 Å². The van der Waals surface area contributed by atoms with Crippen LogP contribution in [0, 0.1) is 0 Å². The van der Waals surface area contributed by atoms with Crippen LogP contribution in [-0.2, 0) is 0 Å². The summed E-state index contributed by atoms with van der Waals surface area (Å²) >= 11 is 3.78. The number of rotatable bonds is 10. The molecule has 0 bridgehead atoms. The van der Waals surface area contributed by atoms with Crippen LogP contribution in [0.25, 0.3) is 22.5 Å². The number of nitrogens with zero attached hydrogens (tertiary/aromatic N) is 1. The van der Waals surface area contributed by atoms with Crippen molar-refractivity contribution < 1.29 is 0 Å². The first-order chi connectivity index (χ1) is 14.9. The Bertz CT molecular complexity index is 958. The summed E-state index contributed by atoms with van der Waals surface area (Å²) in [6.45, 7) is 0. The van der Waals surface area contributed by atoms with Crippen molar-refractivity contribution in [2.24, 2.45) is 0 Å². The fourth-order valence-electron chi connectivity index (χ4n) is 3.29. The molecule has 1 aromatic heterocycles. The van der Waals surface area contributed by atoms with Crippen LogP contribution in [0.15, 0.2) is 101 Å². The highest BCUT2D eigenvalue weighted by molar-refractivity contribution is 7.99. The first-order valence-corrected chi connectivity index (χ1v) is 12.4. The second-order valence-corrected chi connectivity index (χ2v) is 9.32. The van der Waals surface area contributed by atoms with Crippen LogP contribution in [0.3, 0.4) is 0 Å². The fraction of sp³-hybridized carbons (Fsp3) is 0.192. The smallest absolute Gasteiger partial charge is 0.166 e. The van der Waals surface area contributed by atoms with E-state index >= 15 is 0 Å². The van der Waals surface area contributed by atoms with E-state index in [-0.39, 0.29) is 0 Å². The minimum Gasteiger partial charge on any atom is -0.332 e. The molecule has 0 saturated carbocycles. The average molecular weight is 431 g/mol. The predicted octanol–water partition coefficient (Wildman–Crippen LogP) is 7.80. The largest absolute Gasteiger partial charge is 0.332 e. The molecule has 0 aliphatic rings. The van der Waals surface area contributed by atoms with Gasteiger partial charge < -0.3 is 4.98 Å². The third-order valence-electron chi connectivity index (χ3n) is 4.83. The maximum absolute atomic E-state index is 4.93. The fourth-order valence-corrected chi connectivity index (χ4v) is 5.10. The van der Waals surface area contributed by atoms with Crippen molar-refractivity contribution >= 4 is 23.5 Å². The van der Waals surface area contributed by atoms with Crippen molar-refractivity contribution in [3.8, 4) is 22.5 Å². The van der Waals surface area contributed by atoms with Crippen molar-refractivity contribution in [2.75, 3.05) is 11.5 Å². The van der Waals surface area contributed by atoms with E-state index in [0.29, 0.717) is 0 Å². The summed E-state index contributed by atoms with van der Waals surface area (Å²) in [5.74, 6) is 2.28. The van der Waals surface area contributed by atoms with Gasteiger partial charge in [-0.2, -0.15) is 0 Å². The molecule has 152 valence electrons. The zero-order valence-electron chi connectivity index (χ0n) is 17.0. The molecule has 1 heterocycles. The molecular weight excluding hydrogens is 404 g/mol. The van der Waals surface area contributed by atoms with E-state index in [1.54, 1.807) is 0 Å². The Morgan fingerprint density at radius 3 is 1.83 bits per heavy atom. The summed E-state index contributed by atoms with van der Waals surface area (Å²) in [7, 11) is 0. The normalized spacial score (nSPS) is 10.9. The van der Waals surface area contributed by atoms with E-state index in [9.17, 15) is 0 Å². The highest BCUT2D eigenvalue weighted by Crippen LogP contribution is 2.32. The second-order valence-electron chi connectivity index (χ2n) is 7.07. The molecule has 3 aromatic carbocycles. The van der Waals surface area contributed by atoms with E-state index < -0.39 is 0 Å². The quantitative estimate of drug-likeness (QED) is 0.205.